The predicted molar refractivity (Wildman–Crippen MR) is 70.8 cm³/mol. The molecule has 1 N–H and O–H groups in total. The molecule has 0 aromatic heterocycles. The van der Waals surface area contributed by atoms with Gasteiger partial charge in [-0.1, -0.05) is 6.08 Å². The third-order valence-electron chi connectivity index (χ3n) is 2.93. The van der Waals surface area contributed by atoms with Gasteiger partial charge in [-0.2, -0.15) is 11.8 Å². The first-order valence-electron chi connectivity index (χ1n) is 5.89. The van der Waals surface area contributed by atoms with Crippen LogP contribution >= 0.6 is 11.8 Å². The van der Waals surface area contributed by atoms with E-state index in [4.69, 9.17) is 0 Å². The summed E-state index contributed by atoms with van der Waals surface area (Å²) >= 11 is 1.80. The van der Waals surface area contributed by atoms with Crippen molar-refractivity contribution in [3.05, 3.63) is 12.7 Å². The van der Waals surface area contributed by atoms with E-state index in [0.717, 1.165) is 44.6 Å². The molecule has 4 heteroatoms. The second-order valence-electron chi connectivity index (χ2n) is 4.05. The molecule has 1 aliphatic heterocycles. The Balaban J connectivity index is 2.27. The fraction of sp³-hybridized carbons (Fsp3) is 0.750. The van der Waals surface area contributed by atoms with Crippen LogP contribution in [0.1, 0.15) is 19.3 Å². The first-order chi connectivity index (χ1) is 7.79. The van der Waals surface area contributed by atoms with Gasteiger partial charge in [-0.25, -0.2) is 0 Å². The summed E-state index contributed by atoms with van der Waals surface area (Å²) in [5, 5.41) is 3.29. The molecule has 0 bridgehead atoms. The molecule has 0 radical (unpaired) electrons. The van der Waals surface area contributed by atoms with Crippen molar-refractivity contribution in [1.82, 2.24) is 10.2 Å². The normalized spacial score (nSPS) is 20.4. The Morgan fingerprint density at radius 3 is 3.19 bits per heavy atom. The topological polar surface area (TPSA) is 32.3 Å². The Bertz CT molecular complexity index is 233. The molecule has 0 aromatic carbocycles. The van der Waals surface area contributed by atoms with Crippen LogP contribution < -0.4 is 5.32 Å². The first-order valence-corrected chi connectivity index (χ1v) is 7.29. The van der Waals surface area contributed by atoms with E-state index in [2.05, 4.69) is 23.1 Å². The zero-order valence-electron chi connectivity index (χ0n) is 10.1. The van der Waals surface area contributed by atoms with E-state index < -0.39 is 0 Å². The van der Waals surface area contributed by atoms with Gasteiger partial charge < -0.3 is 10.2 Å². The summed E-state index contributed by atoms with van der Waals surface area (Å²) in [5.41, 5.74) is 0. The maximum Gasteiger partial charge on any atom is 0.222 e. The highest BCUT2D eigenvalue weighted by atomic mass is 32.2. The van der Waals surface area contributed by atoms with Crippen molar-refractivity contribution in [2.45, 2.75) is 25.3 Å². The van der Waals surface area contributed by atoms with Gasteiger partial charge in [-0.15, -0.1) is 6.58 Å². The second kappa shape index (κ2) is 7.74. The van der Waals surface area contributed by atoms with Crippen molar-refractivity contribution < 1.29 is 4.79 Å². The zero-order chi connectivity index (χ0) is 11.8. The van der Waals surface area contributed by atoms with E-state index in [1.165, 1.54) is 0 Å². The Kier molecular flexibility index (Phi) is 6.57. The number of carbonyl (C=O) groups excluding carboxylic acids is 1. The van der Waals surface area contributed by atoms with Crippen LogP contribution in [0.5, 0.6) is 0 Å². The van der Waals surface area contributed by atoms with Gasteiger partial charge in [-0.05, 0) is 25.6 Å². The summed E-state index contributed by atoms with van der Waals surface area (Å²) in [4.78, 5) is 13.7. The minimum Gasteiger partial charge on any atom is -0.339 e. The van der Waals surface area contributed by atoms with Gasteiger partial charge >= 0.3 is 0 Å². The number of rotatable bonds is 8. The van der Waals surface area contributed by atoms with Crippen LogP contribution in [0, 0.1) is 0 Å². The summed E-state index contributed by atoms with van der Waals surface area (Å²) in [5.74, 6) is 1.38. The molecule has 1 atom stereocenters. The standard InChI is InChI=1S/C12H22N2OS/c1-3-7-13-8-6-11-4-5-12(15)14(11)9-10-16-2/h3,11,13H,1,4-10H2,2H3/t11-/m1/s1. The van der Waals surface area contributed by atoms with Gasteiger partial charge in [0, 0.05) is 31.3 Å². The molecule has 92 valence electrons. The zero-order valence-corrected chi connectivity index (χ0v) is 10.9. The largest absolute Gasteiger partial charge is 0.339 e. The van der Waals surface area contributed by atoms with Crippen LogP contribution in [0.4, 0.5) is 0 Å². The molecule has 3 nitrogen and oxygen atoms in total. The minimum atomic E-state index is 0.336. The van der Waals surface area contributed by atoms with Crippen LogP contribution in [0.3, 0.4) is 0 Å². The van der Waals surface area contributed by atoms with E-state index in [1.807, 2.05) is 6.08 Å². The summed E-state index contributed by atoms with van der Waals surface area (Å²) < 4.78 is 0. The van der Waals surface area contributed by atoms with Crippen LogP contribution in [0.25, 0.3) is 0 Å². The van der Waals surface area contributed by atoms with Crippen molar-refractivity contribution in [3.8, 4) is 0 Å². The third kappa shape index (κ3) is 4.18. The highest BCUT2D eigenvalue weighted by Gasteiger charge is 2.29. The first kappa shape index (κ1) is 13.6. The van der Waals surface area contributed by atoms with E-state index in [1.54, 1.807) is 11.8 Å². The molecule has 0 spiro atoms. The maximum atomic E-state index is 11.7. The fourth-order valence-electron chi connectivity index (χ4n) is 2.06. The average Bonchev–Trinajstić information content (AvgIpc) is 2.63. The SMILES string of the molecule is C=CCNCC[C@H]1CCC(=O)N1CCSC. The molecule has 0 aliphatic carbocycles. The molecule has 1 fully saturated rings. The lowest BCUT2D eigenvalue weighted by molar-refractivity contribution is -0.128. The van der Waals surface area contributed by atoms with Crippen molar-refractivity contribution >= 4 is 17.7 Å². The molecular weight excluding hydrogens is 220 g/mol. The number of amides is 1. The summed E-state index contributed by atoms with van der Waals surface area (Å²) in [6, 6.07) is 0.456. The van der Waals surface area contributed by atoms with Gasteiger partial charge in [0.1, 0.15) is 0 Å². The van der Waals surface area contributed by atoms with Crippen LogP contribution in [0.15, 0.2) is 12.7 Å². The number of thioether (sulfide) groups is 1. The molecule has 0 unspecified atom stereocenters. The number of carbonyl (C=O) groups is 1. The minimum absolute atomic E-state index is 0.336. The number of likely N-dealkylation sites (tertiary alicyclic amines) is 1. The smallest absolute Gasteiger partial charge is 0.222 e. The van der Waals surface area contributed by atoms with E-state index in [-0.39, 0.29) is 0 Å². The Hall–Kier alpha value is -0.480. The number of hydrogen-bond donors (Lipinski definition) is 1. The van der Waals surface area contributed by atoms with Crippen molar-refractivity contribution in [2.75, 3.05) is 31.6 Å². The average molecular weight is 242 g/mol. The van der Waals surface area contributed by atoms with Gasteiger partial charge in [0.15, 0.2) is 0 Å². The highest BCUT2D eigenvalue weighted by Crippen LogP contribution is 2.21. The highest BCUT2D eigenvalue weighted by molar-refractivity contribution is 7.98. The Morgan fingerprint density at radius 2 is 2.50 bits per heavy atom. The molecular formula is C12H22N2OS. The third-order valence-corrected chi connectivity index (χ3v) is 3.52. The molecule has 0 aromatic rings. The predicted octanol–water partition coefficient (Wildman–Crippen LogP) is 1.51. The molecule has 16 heavy (non-hydrogen) atoms. The molecule has 1 heterocycles. The lowest BCUT2D eigenvalue weighted by Gasteiger charge is -2.24. The lowest BCUT2D eigenvalue weighted by Crippen LogP contribution is -2.36. The summed E-state index contributed by atoms with van der Waals surface area (Å²) in [7, 11) is 0. The molecule has 0 saturated carbocycles. The van der Waals surface area contributed by atoms with Crippen LogP contribution in [-0.2, 0) is 4.79 Å². The van der Waals surface area contributed by atoms with E-state index >= 15 is 0 Å². The quantitative estimate of drug-likeness (QED) is 0.517. The van der Waals surface area contributed by atoms with Crippen molar-refractivity contribution in [1.29, 1.82) is 0 Å². The van der Waals surface area contributed by atoms with Gasteiger partial charge in [-0.3, -0.25) is 4.79 Å². The molecule has 1 rings (SSSR count). The Morgan fingerprint density at radius 1 is 1.69 bits per heavy atom. The molecule has 1 aliphatic rings. The summed E-state index contributed by atoms with van der Waals surface area (Å²) in [6.45, 7) is 6.40. The maximum absolute atomic E-state index is 11.7. The van der Waals surface area contributed by atoms with Gasteiger partial charge in [0.25, 0.3) is 0 Å². The summed E-state index contributed by atoms with van der Waals surface area (Å²) in [6.07, 6.45) is 6.78. The molecule has 1 amide bonds. The number of nitrogens with one attached hydrogen (secondary N) is 1. The van der Waals surface area contributed by atoms with Crippen molar-refractivity contribution in [3.63, 3.8) is 0 Å². The van der Waals surface area contributed by atoms with E-state index in [9.17, 15) is 4.79 Å². The lowest BCUT2D eigenvalue weighted by atomic mass is 10.1. The second-order valence-corrected chi connectivity index (χ2v) is 5.04. The molecule has 1 saturated heterocycles. The van der Waals surface area contributed by atoms with Crippen LogP contribution in [-0.4, -0.2) is 48.5 Å². The number of hydrogen-bond acceptors (Lipinski definition) is 3. The van der Waals surface area contributed by atoms with Gasteiger partial charge in [0.2, 0.25) is 5.91 Å². The van der Waals surface area contributed by atoms with E-state index in [0.29, 0.717) is 11.9 Å². The van der Waals surface area contributed by atoms with Crippen molar-refractivity contribution in [2.24, 2.45) is 0 Å². The monoisotopic (exact) mass is 242 g/mol. The Labute approximate surface area is 103 Å². The fourth-order valence-corrected chi connectivity index (χ4v) is 2.44. The number of nitrogens with zero attached hydrogens (tertiary/aromatic N) is 1. The van der Waals surface area contributed by atoms with Crippen LogP contribution in [0.2, 0.25) is 0 Å². The van der Waals surface area contributed by atoms with Gasteiger partial charge in [0.05, 0.1) is 0 Å².